The summed E-state index contributed by atoms with van der Waals surface area (Å²) in [4.78, 5) is 11.1. The third-order valence-corrected chi connectivity index (χ3v) is 9.13. The second-order valence-corrected chi connectivity index (χ2v) is 10.9. The standard InChI is InChI=1S/C18H22F2OSi/c1-12(2)22(21,13(3)4)16-8-5-14(6-9-16)17-10-7-15(19)11-18(17)20/h5-13,21H,1-4H3. The molecule has 22 heavy (non-hydrogen) atoms. The Morgan fingerprint density at radius 1 is 0.864 bits per heavy atom. The van der Waals surface area contributed by atoms with Crippen LogP contribution in [0.4, 0.5) is 8.78 Å². The highest BCUT2D eigenvalue weighted by molar-refractivity contribution is 6.87. The smallest absolute Gasteiger partial charge is 0.225 e. The average molecular weight is 320 g/mol. The molecule has 4 heteroatoms. The highest BCUT2D eigenvalue weighted by Crippen LogP contribution is 2.30. The first kappa shape index (κ1) is 16.8. The summed E-state index contributed by atoms with van der Waals surface area (Å²) in [6.45, 7) is 8.17. The molecule has 0 heterocycles. The van der Waals surface area contributed by atoms with Crippen molar-refractivity contribution in [2.45, 2.75) is 38.8 Å². The van der Waals surface area contributed by atoms with Gasteiger partial charge in [0.1, 0.15) is 11.6 Å². The molecular weight excluding hydrogens is 298 g/mol. The van der Waals surface area contributed by atoms with Crippen LogP contribution >= 0.6 is 0 Å². The van der Waals surface area contributed by atoms with Crippen LogP contribution in [-0.2, 0) is 0 Å². The molecule has 0 aromatic heterocycles. The summed E-state index contributed by atoms with van der Waals surface area (Å²) in [6, 6.07) is 10.9. The van der Waals surface area contributed by atoms with Gasteiger partial charge in [0.2, 0.25) is 8.32 Å². The normalized spacial score (nSPS) is 12.2. The highest BCUT2D eigenvalue weighted by atomic mass is 28.4. The van der Waals surface area contributed by atoms with Crippen molar-refractivity contribution in [3.63, 3.8) is 0 Å². The molecule has 0 atom stereocenters. The van der Waals surface area contributed by atoms with Crippen molar-refractivity contribution in [2.75, 3.05) is 0 Å². The lowest BCUT2D eigenvalue weighted by atomic mass is 10.1. The minimum atomic E-state index is -2.58. The van der Waals surface area contributed by atoms with Crippen molar-refractivity contribution in [3.8, 4) is 11.1 Å². The summed E-state index contributed by atoms with van der Waals surface area (Å²) < 4.78 is 26.8. The second-order valence-electron chi connectivity index (χ2n) is 6.34. The second kappa shape index (κ2) is 6.30. The lowest BCUT2D eigenvalue weighted by Crippen LogP contribution is -2.53. The number of halogens is 2. The molecule has 2 aromatic carbocycles. The summed E-state index contributed by atoms with van der Waals surface area (Å²) in [6.07, 6.45) is 0. The van der Waals surface area contributed by atoms with E-state index in [0.717, 1.165) is 11.3 Å². The van der Waals surface area contributed by atoms with Gasteiger partial charge in [0.15, 0.2) is 0 Å². The maximum absolute atomic E-state index is 13.8. The first-order valence-corrected chi connectivity index (χ1v) is 9.65. The van der Waals surface area contributed by atoms with E-state index in [1.807, 2.05) is 39.8 Å². The Hall–Kier alpha value is -1.52. The van der Waals surface area contributed by atoms with Crippen LogP contribution in [0, 0.1) is 11.6 Å². The van der Waals surface area contributed by atoms with Crippen molar-refractivity contribution in [3.05, 3.63) is 54.1 Å². The fourth-order valence-electron chi connectivity index (χ4n) is 2.97. The SMILES string of the molecule is CC(C)[Si](O)(c1ccc(-c2ccc(F)cc2F)cc1)C(C)C. The Balaban J connectivity index is 2.42. The predicted molar refractivity (Wildman–Crippen MR) is 89.6 cm³/mol. The van der Waals surface area contributed by atoms with Crippen molar-refractivity contribution in [2.24, 2.45) is 0 Å². The van der Waals surface area contributed by atoms with Crippen LogP contribution in [0.1, 0.15) is 27.7 Å². The molecule has 0 bridgehead atoms. The Bertz CT molecular complexity index is 643. The summed E-state index contributed by atoms with van der Waals surface area (Å²) in [5.74, 6) is -1.16. The van der Waals surface area contributed by atoms with Crippen LogP contribution in [0.2, 0.25) is 11.1 Å². The van der Waals surface area contributed by atoms with Crippen LogP contribution in [-0.4, -0.2) is 13.1 Å². The molecule has 2 aromatic rings. The van der Waals surface area contributed by atoms with Gasteiger partial charge >= 0.3 is 0 Å². The largest absolute Gasteiger partial charge is 0.427 e. The molecule has 2 rings (SSSR count). The van der Waals surface area contributed by atoms with Gasteiger partial charge < -0.3 is 4.80 Å². The summed E-state index contributed by atoms with van der Waals surface area (Å²) in [5.41, 5.74) is 1.44. The van der Waals surface area contributed by atoms with Gasteiger partial charge in [-0.3, -0.25) is 0 Å². The highest BCUT2D eigenvalue weighted by Gasteiger charge is 2.40. The van der Waals surface area contributed by atoms with Gasteiger partial charge in [-0.05, 0) is 34.0 Å². The zero-order valence-electron chi connectivity index (χ0n) is 13.4. The van der Waals surface area contributed by atoms with E-state index in [4.69, 9.17) is 0 Å². The van der Waals surface area contributed by atoms with Gasteiger partial charge in [0, 0.05) is 11.6 Å². The van der Waals surface area contributed by atoms with Crippen LogP contribution in [0.25, 0.3) is 11.1 Å². The maximum atomic E-state index is 13.8. The molecule has 0 aliphatic rings. The summed E-state index contributed by atoms with van der Waals surface area (Å²) in [5, 5.41) is 0.948. The lowest BCUT2D eigenvalue weighted by Gasteiger charge is -2.33. The monoisotopic (exact) mass is 320 g/mol. The quantitative estimate of drug-likeness (QED) is 0.817. The van der Waals surface area contributed by atoms with Gasteiger partial charge in [0.25, 0.3) is 0 Å². The molecule has 0 amide bonds. The van der Waals surface area contributed by atoms with E-state index in [0.29, 0.717) is 11.1 Å². The molecule has 0 saturated carbocycles. The first-order valence-electron chi connectivity index (χ1n) is 7.55. The third kappa shape index (κ3) is 2.99. The van der Waals surface area contributed by atoms with Gasteiger partial charge in [-0.15, -0.1) is 0 Å². The number of benzene rings is 2. The maximum Gasteiger partial charge on any atom is 0.225 e. The summed E-state index contributed by atoms with van der Waals surface area (Å²) in [7, 11) is -2.58. The predicted octanol–water partition coefficient (Wildman–Crippen LogP) is 4.60. The van der Waals surface area contributed by atoms with Crippen molar-refractivity contribution in [1.82, 2.24) is 0 Å². The number of hydrogen-bond donors (Lipinski definition) is 1. The number of rotatable bonds is 4. The molecule has 0 aliphatic heterocycles. The molecule has 0 saturated heterocycles. The van der Waals surface area contributed by atoms with E-state index in [1.165, 1.54) is 12.1 Å². The molecular formula is C18H22F2OSi. The van der Waals surface area contributed by atoms with Crippen molar-refractivity contribution in [1.29, 1.82) is 0 Å². The van der Waals surface area contributed by atoms with Crippen LogP contribution in [0.15, 0.2) is 42.5 Å². The molecule has 1 N–H and O–H groups in total. The topological polar surface area (TPSA) is 20.2 Å². The van der Waals surface area contributed by atoms with Crippen molar-refractivity contribution < 1.29 is 13.6 Å². The van der Waals surface area contributed by atoms with Gasteiger partial charge in [-0.1, -0.05) is 52.0 Å². The molecule has 0 fully saturated rings. The lowest BCUT2D eigenvalue weighted by molar-refractivity contribution is 0.513. The molecule has 118 valence electrons. The first-order chi connectivity index (χ1) is 10.3. The van der Waals surface area contributed by atoms with Crippen LogP contribution in [0.3, 0.4) is 0 Å². The Kier molecular flexibility index (Phi) is 4.83. The van der Waals surface area contributed by atoms with E-state index in [-0.39, 0.29) is 11.1 Å². The van der Waals surface area contributed by atoms with E-state index >= 15 is 0 Å². The van der Waals surface area contributed by atoms with E-state index in [1.54, 1.807) is 12.1 Å². The van der Waals surface area contributed by atoms with E-state index < -0.39 is 20.0 Å². The fraction of sp³-hybridized carbons (Fsp3) is 0.333. The third-order valence-electron chi connectivity index (χ3n) is 4.35. The Morgan fingerprint density at radius 2 is 1.41 bits per heavy atom. The van der Waals surface area contributed by atoms with Crippen LogP contribution < -0.4 is 5.19 Å². The Labute approximate surface area is 131 Å². The average Bonchev–Trinajstić information content (AvgIpc) is 2.46. The molecule has 0 aliphatic carbocycles. The van der Waals surface area contributed by atoms with Crippen LogP contribution in [0.5, 0.6) is 0 Å². The molecule has 0 unspecified atom stereocenters. The number of hydrogen-bond acceptors (Lipinski definition) is 1. The zero-order valence-corrected chi connectivity index (χ0v) is 14.4. The molecule has 0 radical (unpaired) electrons. The Morgan fingerprint density at radius 3 is 1.86 bits per heavy atom. The van der Waals surface area contributed by atoms with Crippen molar-refractivity contribution >= 4 is 13.5 Å². The van der Waals surface area contributed by atoms with Gasteiger partial charge in [-0.25, -0.2) is 8.78 Å². The summed E-state index contributed by atoms with van der Waals surface area (Å²) >= 11 is 0. The molecule has 0 spiro atoms. The minimum Gasteiger partial charge on any atom is -0.427 e. The van der Waals surface area contributed by atoms with E-state index in [2.05, 4.69) is 0 Å². The van der Waals surface area contributed by atoms with Gasteiger partial charge in [0.05, 0.1) is 0 Å². The van der Waals surface area contributed by atoms with Gasteiger partial charge in [-0.2, -0.15) is 0 Å². The van der Waals surface area contributed by atoms with E-state index in [9.17, 15) is 13.6 Å². The molecule has 1 nitrogen and oxygen atoms in total. The minimum absolute atomic E-state index is 0.195. The fourth-order valence-corrected chi connectivity index (χ4v) is 6.34. The zero-order chi connectivity index (χ0) is 16.5.